The molecular weight excluding hydrogens is 977 g/mol. The molecule has 0 saturated carbocycles. The van der Waals surface area contributed by atoms with Gasteiger partial charge in [0.15, 0.2) is 39.1 Å². The quantitative estimate of drug-likeness (QED) is 0.0958. The maximum atomic E-state index is 15.3. The summed E-state index contributed by atoms with van der Waals surface area (Å²) < 4.78 is 55.4. The SMILES string of the molecule is COC1C/C=C\C=C\C[C@H](C)[C@H]2C[C@H](OC(C)(C)O2)[C@H](C)[C@H](O[Si](C)(C)C(C)(C)C)CC(=O)O[C@H]([C@H](C)[C@@H](/C=C(C)/C=C/CO[Si](C)(C)C(C)(C)C)O[Si](C)(C)C(C)(C)C)CC(O[Si](C)(C)C(C)(C)C)CCC1. The number of methoxy groups -OCH3 is 1. The monoisotopic (exact) mass is 1090 g/mol. The molecule has 1 fully saturated rings. The minimum absolute atomic E-state index is 0.0184. The van der Waals surface area contributed by atoms with E-state index in [1.807, 2.05) is 21.0 Å². The molecule has 0 aromatic heterocycles. The fourth-order valence-electron chi connectivity index (χ4n) is 8.49. The second-order valence-electron chi connectivity index (χ2n) is 28.9. The lowest BCUT2D eigenvalue weighted by Crippen LogP contribution is -2.53. The van der Waals surface area contributed by atoms with E-state index < -0.39 is 51.3 Å². The van der Waals surface area contributed by atoms with Crippen molar-refractivity contribution in [1.29, 1.82) is 0 Å². The molecule has 2 aliphatic heterocycles. The van der Waals surface area contributed by atoms with Crippen molar-refractivity contribution in [2.45, 2.75) is 297 Å². The molecule has 0 radical (unpaired) electrons. The van der Waals surface area contributed by atoms with Gasteiger partial charge in [-0.1, -0.05) is 152 Å². The second-order valence-corrected chi connectivity index (χ2v) is 48.0. The van der Waals surface area contributed by atoms with E-state index in [1.54, 1.807) is 0 Å². The summed E-state index contributed by atoms with van der Waals surface area (Å²) in [6, 6.07) is 0. The number of hydrogen-bond acceptors (Lipinski definition) is 9. The number of carbonyl (C=O) groups is 1. The zero-order valence-corrected chi connectivity index (χ0v) is 56.4. The number of cyclic esters (lactones) is 1. The Balaban J connectivity index is 2.93. The molecule has 73 heavy (non-hydrogen) atoms. The third-order valence-corrected chi connectivity index (χ3v) is 36.0. The molecule has 0 aromatic rings. The van der Waals surface area contributed by atoms with E-state index in [0.717, 1.165) is 37.7 Å². The smallest absolute Gasteiger partial charge is 0.308 e. The van der Waals surface area contributed by atoms with Crippen LogP contribution in [-0.2, 0) is 41.4 Å². The fraction of sp³-hybridized carbons (Fsp3) is 0.850. The normalized spacial score (nSPS) is 28.9. The molecule has 2 aliphatic rings. The summed E-state index contributed by atoms with van der Waals surface area (Å²) in [5, 5.41) is -0.0259. The van der Waals surface area contributed by atoms with Crippen molar-refractivity contribution < 1.29 is 41.4 Å². The summed E-state index contributed by atoms with van der Waals surface area (Å²) in [5.41, 5.74) is 1.09. The van der Waals surface area contributed by atoms with E-state index in [1.165, 1.54) is 0 Å². The van der Waals surface area contributed by atoms with Gasteiger partial charge >= 0.3 is 5.97 Å². The number of allylic oxidation sites excluding steroid dienone is 5. The Morgan fingerprint density at radius 3 is 1.77 bits per heavy atom. The van der Waals surface area contributed by atoms with E-state index in [4.69, 9.17) is 36.7 Å². The van der Waals surface area contributed by atoms with Crippen LogP contribution < -0.4 is 0 Å². The zero-order valence-electron chi connectivity index (χ0n) is 52.4. The molecule has 1 saturated heterocycles. The van der Waals surface area contributed by atoms with Gasteiger partial charge in [0.1, 0.15) is 6.10 Å². The molecule has 10 atom stereocenters. The molecule has 0 amide bonds. The van der Waals surface area contributed by atoms with Crippen molar-refractivity contribution in [2.24, 2.45) is 17.8 Å². The van der Waals surface area contributed by atoms with Crippen molar-refractivity contribution in [3.8, 4) is 0 Å². The topological polar surface area (TPSA) is 90.9 Å². The highest BCUT2D eigenvalue weighted by Crippen LogP contribution is 2.44. The minimum atomic E-state index is -2.40. The average Bonchev–Trinajstić information content (AvgIpc) is 3.21. The van der Waals surface area contributed by atoms with Crippen LogP contribution in [0, 0.1) is 17.8 Å². The second kappa shape index (κ2) is 27.3. The van der Waals surface area contributed by atoms with Gasteiger partial charge < -0.3 is 36.7 Å². The van der Waals surface area contributed by atoms with Crippen molar-refractivity contribution in [1.82, 2.24) is 0 Å². The summed E-state index contributed by atoms with van der Waals surface area (Å²) in [5.74, 6) is -1.15. The molecule has 0 aromatic carbocycles. The summed E-state index contributed by atoms with van der Waals surface area (Å²) in [6.07, 6.45) is 19.5. The molecule has 2 unspecified atom stereocenters. The van der Waals surface area contributed by atoms with Gasteiger partial charge in [0.05, 0.1) is 43.5 Å². The van der Waals surface area contributed by atoms with Crippen LogP contribution in [-0.4, -0.2) is 101 Å². The Bertz CT molecular complexity index is 1810. The van der Waals surface area contributed by atoms with Gasteiger partial charge in [-0.05, 0) is 131 Å². The van der Waals surface area contributed by atoms with Crippen LogP contribution in [0.1, 0.15) is 176 Å². The van der Waals surface area contributed by atoms with Crippen molar-refractivity contribution in [2.75, 3.05) is 13.7 Å². The van der Waals surface area contributed by atoms with E-state index >= 15 is 4.79 Å². The first-order chi connectivity index (χ1) is 33.0. The van der Waals surface area contributed by atoms with Crippen LogP contribution in [0.4, 0.5) is 0 Å². The standard InChI is InChI=1S/C60H116O9Si4/c1-44(34-33-39-63-70(20,21)56(5,6)7)40-53(68-72(24,25)58(11,12)13)46(3)51-41-49(67-71(22,23)57(8,9)10)38-32-37-48(62-19)36-31-29-28-30-35-45(2)50-42-52(66-60(17,18)65-50)47(4)54(43-55(61)64-51)69-73(26,27)59(14,15)16/h28-31,33-34,40,45-54H,32,35-39,41-43H2,1-27H3/b30-28+,31-29-,34-33+,44-40+/t45-,46-,47-,48?,49?,50+,51-,52-,53+,54+/m0/s1. The molecular formula is C60H116O9Si4. The van der Waals surface area contributed by atoms with Gasteiger partial charge in [-0.25, -0.2) is 0 Å². The van der Waals surface area contributed by atoms with Crippen molar-refractivity contribution in [3.63, 3.8) is 0 Å². The van der Waals surface area contributed by atoms with Crippen molar-refractivity contribution in [3.05, 3.63) is 48.1 Å². The van der Waals surface area contributed by atoms with Gasteiger partial charge in [-0.2, -0.15) is 0 Å². The third kappa shape index (κ3) is 21.6. The molecule has 9 nitrogen and oxygen atoms in total. The first kappa shape index (κ1) is 68.1. The van der Waals surface area contributed by atoms with Crippen LogP contribution in [0.25, 0.3) is 0 Å². The van der Waals surface area contributed by atoms with Gasteiger partial charge in [0, 0.05) is 37.9 Å². The van der Waals surface area contributed by atoms with Gasteiger partial charge in [0.2, 0.25) is 0 Å². The maximum Gasteiger partial charge on any atom is 0.308 e. The summed E-state index contributed by atoms with van der Waals surface area (Å²) in [7, 11) is -7.16. The minimum Gasteiger partial charge on any atom is -0.462 e. The van der Waals surface area contributed by atoms with Crippen LogP contribution in [0.5, 0.6) is 0 Å². The van der Waals surface area contributed by atoms with Crippen molar-refractivity contribution >= 4 is 39.2 Å². The zero-order chi connectivity index (χ0) is 56.4. The summed E-state index contributed by atoms with van der Waals surface area (Å²) in [6.45, 7) is 59.3. The van der Waals surface area contributed by atoms with E-state index in [2.05, 4.69) is 206 Å². The molecule has 0 spiro atoms. The Hall–Kier alpha value is -0.982. The first-order valence-electron chi connectivity index (χ1n) is 28.4. The highest BCUT2D eigenvalue weighted by atomic mass is 28.4. The Labute approximate surface area is 455 Å². The van der Waals surface area contributed by atoms with Crippen LogP contribution in [0.15, 0.2) is 48.1 Å². The number of carbonyl (C=O) groups excluding carboxylic acids is 1. The molecule has 2 bridgehead atoms. The van der Waals surface area contributed by atoms with E-state index in [-0.39, 0.29) is 80.8 Å². The lowest BCUT2D eigenvalue weighted by molar-refractivity contribution is -0.317. The molecule has 0 N–H and O–H groups in total. The maximum absolute atomic E-state index is 15.3. The number of rotatable bonds is 14. The number of hydrogen-bond donors (Lipinski definition) is 0. The van der Waals surface area contributed by atoms with Gasteiger partial charge in [-0.15, -0.1) is 0 Å². The summed E-state index contributed by atoms with van der Waals surface area (Å²) in [4.78, 5) is 15.3. The highest BCUT2D eigenvalue weighted by Gasteiger charge is 2.48. The largest absolute Gasteiger partial charge is 0.462 e. The van der Waals surface area contributed by atoms with Gasteiger partial charge in [-0.3, -0.25) is 4.79 Å². The van der Waals surface area contributed by atoms with Crippen LogP contribution in [0.2, 0.25) is 72.5 Å². The molecule has 13 heteroatoms. The number of ether oxygens (including phenoxy) is 4. The summed E-state index contributed by atoms with van der Waals surface area (Å²) >= 11 is 0. The van der Waals surface area contributed by atoms with E-state index in [9.17, 15) is 0 Å². The number of fused-ring (bicyclic) bond motifs is 2. The van der Waals surface area contributed by atoms with E-state index in [0.29, 0.717) is 19.4 Å². The average molecular weight is 1090 g/mol. The lowest BCUT2D eigenvalue weighted by Gasteiger charge is -2.47. The predicted octanol–water partition coefficient (Wildman–Crippen LogP) is 17.3. The fourth-order valence-corrected chi connectivity index (χ4v) is 13.6. The molecule has 2 rings (SSSR count). The van der Waals surface area contributed by atoms with Crippen LogP contribution >= 0.6 is 0 Å². The molecule has 426 valence electrons. The molecule has 2 heterocycles. The number of esters is 1. The Morgan fingerprint density at radius 1 is 0.726 bits per heavy atom. The first-order valence-corrected chi connectivity index (χ1v) is 40.0. The Morgan fingerprint density at radius 2 is 1.23 bits per heavy atom. The third-order valence-electron chi connectivity index (χ3n) is 18.0. The predicted molar refractivity (Wildman–Crippen MR) is 319 cm³/mol. The van der Waals surface area contributed by atoms with Crippen LogP contribution in [0.3, 0.4) is 0 Å². The Kier molecular flexibility index (Phi) is 25.4. The van der Waals surface area contributed by atoms with Gasteiger partial charge in [0.25, 0.3) is 0 Å². The highest BCUT2D eigenvalue weighted by molar-refractivity contribution is 6.75. The lowest BCUT2D eigenvalue weighted by atomic mass is 9.86. The molecule has 0 aliphatic carbocycles.